The van der Waals surface area contributed by atoms with Gasteiger partial charge >= 0.3 is 0 Å². The molecule has 0 saturated carbocycles. The Bertz CT molecular complexity index is 727. The van der Waals surface area contributed by atoms with Crippen molar-refractivity contribution in [3.63, 3.8) is 0 Å². The average molecular weight is 318 g/mol. The van der Waals surface area contributed by atoms with Gasteiger partial charge in [0.25, 0.3) is 0 Å². The van der Waals surface area contributed by atoms with Crippen LogP contribution in [0.5, 0.6) is 0 Å². The second kappa shape index (κ2) is 6.41. The van der Waals surface area contributed by atoms with E-state index < -0.39 is 0 Å². The molecule has 0 aliphatic carbocycles. The number of aryl methyl sites for hydroxylation is 1. The molecule has 5 heteroatoms. The zero-order valence-corrected chi connectivity index (χ0v) is 13.4. The van der Waals surface area contributed by atoms with Crippen LogP contribution in [0.15, 0.2) is 42.0 Å². The largest absolute Gasteiger partial charge is 0.350 e. The third kappa shape index (κ3) is 3.01. The number of fused-ring (bicyclic) bond motifs is 1. The van der Waals surface area contributed by atoms with E-state index in [4.69, 9.17) is 11.6 Å². The van der Waals surface area contributed by atoms with E-state index in [1.807, 2.05) is 6.07 Å². The van der Waals surface area contributed by atoms with Gasteiger partial charge in [0.15, 0.2) is 0 Å². The van der Waals surface area contributed by atoms with E-state index in [0.29, 0.717) is 5.88 Å². The van der Waals surface area contributed by atoms with Crippen LogP contribution in [-0.4, -0.2) is 22.4 Å². The van der Waals surface area contributed by atoms with Crippen molar-refractivity contribution < 1.29 is 0 Å². The summed E-state index contributed by atoms with van der Waals surface area (Å²) in [6.07, 6.45) is 1.64. The Morgan fingerprint density at radius 1 is 1.19 bits per heavy atom. The lowest BCUT2D eigenvalue weighted by atomic mass is 10.2. The number of rotatable bonds is 5. The molecule has 21 heavy (non-hydrogen) atoms. The van der Waals surface area contributed by atoms with Crippen LogP contribution >= 0.6 is 22.9 Å². The molecule has 2 heterocycles. The molecule has 0 N–H and O–H groups in total. The van der Waals surface area contributed by atoms with Crippen molar-refractivity contribution in [2.45, 2.75) is 13.5 Å². The molecule has 0 fully saturated rings. The topological polar surface area (TPSA) is 29.0 Å². The standard InChI is InChI=1S/C16H16ClN3S/c1-12-10-21-15-14(12)18-11-19-16(15)20(8-7-17)9-13-5-3-2-4-6-13/h2-6,10-11H,7-9H2,1H3. The van der Waals surface area contributed by atoms with Gasteiger partial charge in [-0.25, -0.2) is 9.97 Å². The van der Waals surface area contributed by atoms with Crippen molar-refractivity contribution in [3.05, 3.63) is 53.2 Å². The Morgan fingerprint density at radius 2 is 2.00 bits per heavy atom. The first-order valence-electron chi connectivity index (χ1n) is 6.83. The average Bonchev–Trinajstić information content (AvgIpc) is 2.90. The molecule has 0 amide bonds. The van der Waals surface area contributed by atoms with Crippen LogP contribution < -0.4 is 4.90 Å². The Kier molecular flexibility index (Phi) is 4.36. The zero-order chi connectivity index (χ0) is 14.7. The monoisotopic (exact) mass is 317 g/mol. The van der Waals surface area contributed by atoms with Gasteiger partial charge in [-0.1, -0.05) is 30.3 Å². The number of thiophene rings is 1. The molecule has 2 aromatic heterocycles. The molecule has 3 aromatic rings. The van der Waals surface area contributed by atoms with Crippen molar-refractivity contribution in [1.29, 1.82) is 0 Å². The van der Waals surface area contributed by atoms with Crippen molar-refractivity contribution in [2.24, 2.45) is 0 Å². The molecule has 0 aliphatic rings. The third-order valence-corrected chi connectivity index (χ3v) is 4.63. The van der Waals surface area contributed by atoms with Crippen LogP contribution in [0, 0.1) is 6.92 Å². The van der Waals surface area contributed by atoms with Gasteiger partial charge in [-0.05, 0) is 23.4 Å². The molecule has 3 rings (SSSR count). The Morgan fingerprint density at radius 3 is 2.76 bits per heavy atom. The maximum absolute atomic E-state index is 5.99. The number of nitrogens with zero attached hydrogens (tertiary/aromatic N) is 3. The number of halogens is 1. The first-order chi connectivity index (χ1) is 10.3. The number of anilines is 1. The molecule has 0 bridgehead atoms. The molecule has 0 unspecified atom stereocenters. The number of hydrogen-bond acceptors (Lipinski definition) is 4. The third-order valence-electron chi connectivity index (χ3n) is 3.38. The summed E-state index contributed by atoms with van der Waals surface area (Å²) in [5.41, 5.74) is 3.49. The summed E-state index contributed by atoms with van der Waals surface area (Å²) in [5, 5.41) is 2.13. The number of alkyl halides is 1. The molecule has 0 spiro atoms. The highest BCUT2D eigenvalue weighted by atomic mass is 35.5. The van der Waals surface area contributed by atoms with E-state index in [0.717, 1.165) is 29.1 Å². The number of benzene rings is 1. The summed E-state index contributed by atoms with van der Waals surface area (Å²) in [6.45, 7) is 3.65. The quantitative estimate of drug-likeness (QED) is 0.659. The van der Waals surface area contributed by atoms with Crippen LogP contribution in [0.1, 0.15) is 11.1 Å². The molecule has 0 radical (unpaired) electrons. The second-order valence-corrected chi connectivity index (χ2v) is 6.15. The lowest BCUT2D eigenvalue weighted by Gasteiger charge is -2.23. The van der Waals surface area contributed by atoms with Gasteiger partial charge in [0.1, 0.15) is 12.1 Å². The minimum Gasteiger partial charge on any atom is -0.350 e. The van der Waals surface area contributed by atoms with E-state index >= 15 is 0 Å². The fraction of sp³-hybridized carbons (Fsp3) is 0.250. The summed E-state index contributed by atoms with van der Waals surface area (Å²) < 4.78 is 1.14. The Labute approximate surface area is 133 Å². The minimum atomic E-state index is 0.572. The summed E-state index contributed by atoms with van der Waals surface area (Å²) in [6, 6.07) is 10.4. The SMILES string of the molecule is Cc1csc2c(N(CCCl)Cc3ccccc3)ncnc12. The normalized spacial score (nSPS) is 11.0. The highest BCUT2D eigenvalue weighted by Crippen LogP contribution is 2.31. The van der Waals surface area contributed by atoms with Crippen LogP contribution in [0.3, 0.4) is 0 Å². The molecule has 1 aromatic carbocycles. The van der Waals surface area contributed by atoms with Crippen LogP contribution in [0.2, 0.25) is 0 Å². The van der Waals surface area contributed by atoms with Gasteiger partial charge in [0.2, 0.25) is 0 Å². The van der Waals surface area contributed by atoms with Gasteiger partial charge < -0.3 is 4.90 Å². The molecule has 0 aliphatic heterocycles. The van der Waals surface area contributed by atoms with E-state index in [1.54, 1.807) is 17.7 Å². The fourth-order valence-corrected chi connectivity index (χ4v) is 3.57. The minimum absolute atomic E-state index is 0.572. The summed E-state index contributed by atoms with van der Waals surface area (Å²) >= 11 is 7.68. The first kappa shape index (κ1) is 14.3. The lowest BCUT2D eigenvalue weighted by Crippen LogP contribution is -2.26. The highest BCUT2D eigenvalue weighted by molar-refractivity contribution is 7.18. The van der Waals surface area contributed by atoms with Crippen molar-refractivity contribution in [2.75, 3.05) is 17.3 Å². The van der Waals surface area contributed by atoms with Crippen molar-refractivity contribution in [1.82, 2.24) is 9.97 Å². The van der Waals surface area contributed by atoms with Gasteiger partial charge in [-0.3, -0.25) is 0 Å². The maximum Gasteiger partial charge on any atom is 0.150 e. The van der Waals surface area contributed by atoms with Crippen LogP contribution in [0.4, 0.5) is 5.82 Å². The van der Waals surface area contributed by atoms with Crippen LogP contribution in [0.25, 0.3) is 10.2 Å². The lowest BCUT2D eigenvalue weighted by molar-refractivity contribution is 0.820. The fourth-order valence-electron chi connectivity index (χ4n) is 2.35. The van der Waals surface area contributed by atoms with E-state index in [1.165, 1.54) is 11.1 Å². The first-order valence-corrected chi connectivity index (χ1v) is 8.24. The van der Waals surface area contributed by atoms with E-state index in [9.17, 15) is 0 Å². The highest BCUT2D eigenvalue weighted by Gasteiger charge is 2.15. The molecule has 3 nitrogen and oxygen atoms in total. The maximum atomic E-state index is 5.99. The summed E-state index contributed by atoms with van der Waals surface area (Å²) in [4.78, 5) is 11.1. The van der Waals surface area contributed by atoms with E-state index in [-0.39, 0.29) is 0 Å². The summed E-state index contributed by atoms with van der Waals surface area (Å²) in [7, 11) is 0. The molecule has 0 saturated heterocycles. The summed E-state index contributed by atoms with van der Waals surface area (Å²) in [5.74, 6) is 1.55. The smallest absolute Gasteiger partial charge is 0.150 e. The van der Waals surface area contributed by atoms with Crippen molar-refractivity contribution in [3.8, 4) is 0 Å². The van der Waals surface area contributed by atoms with Crippen molar-refractivity contribution >= 4 is 39.0 Å². The second-order valence-electron chi connectivity index (χ2n) is 4.89. The molecule has 0 atom stereocenters. The van der Waals surface area contributed by atoms with Gasteiger partial charge in [-0.2, -0.15) is 0 Å². The molecular weight excluding hydrogens is 302 g/mol. The van der Waals surface area contributed by atoms with Crippen LogP contribution in [-0.2, 0) is 6.54 Å². The van der Waals surface area contributed by atoms with Gasteiger partial charge in [0.05, 0.1) is 10.2 Å². The van der Waals surface area contributed by atoms with Gasteiger partial charge in [-0.15, -0.1) is 22.9 Å². The molecule has 108 valence electrons. The predicted molar refractivity (Wildman–Crippen MR) is 90.4 cm³/mol. The Hall–Kier alpha value is -1.65. The zero-order valence-electron chi connectivity index (χ0n) is 11.8. The number of aromatic nitrogens is 2. The number of hydrogen-bond donors (Lipinski definition) is 0. The van der Waals surface area contributed by atoms with E-state index in [2.05, 4.69) is 51.4 Å². The molecular formula is C16H16ClN3S. The Balaban J connectivity index is 1.99. The predicted octanol–water partition coefficient (Wildman–Crippen LogP) is 4.25. The van der Waals surface area contributed by atoms with Gasteiger partial charge in [0, 0.05) is 19.0 Å².